The van der Waals surface area contributed by atoms with Gasteiger partial charge in [-0.05, 0) is 16.2 Å². The van der Waals surface area contributed by atoms with Crippen LogP contribution in [0.25, 0.3) is 0 Å². The number of hydrogen-bond acceptors (Lipinski definition) is 2. The molecule has 1 aliphatic carbocycles. The summed E-state index contributed by atoms with van der Waals surface area (Å²) in [6.07, 6.45) is 0. The maximum atomic E-state index is 11.9. The lowest BCUT2D eigenvalue weighted by molar-refractivity contribution is -0.141. The van der Waals surface area contributed by atoms with Crippen LogP contribution < -0.4 is 10.6 Å². The van der Waals surface area contributed by atoms with Crippen LogP contribution >= 0.6 is 0 Å². The van der Waals surface area contributed by atoms with Crippen LogP contribution in [0.1, 0.15) is 48.5 Å². The van der Waals surface area contributed by atoms with Gasteiger partial charge >= 0.3 is 12.0 Å². The zero-order chi connectivity index (χ0) is 15.2. The SMILES string of the molecule is CC(C)(C)C(NC(=O)NC1C(C)(C)C1(C)C)C(=O)O. The average molecular weight is 270 g/mol. The molecular weight excluding hydrogens is 244 g/mol. The molecule has 1 fully saturated rings. The molecule has 5 nitrogen and oxygen atoms in total. The molecule has 0 heterocycles. The number of carboxylic acid groups (broad SMARTS) is 1. The van der Waals surface area contributed by atoms with Crippen molar-refractivity contribution in [3.8, 4) is 0 Å². The Balaban J connectivity index is 2.64. The van der Waals surface area contributed by atoms with Gasteiger partial charge in [0.05, 0.1) is 0 Å². The Hall–Kier alpha value is -1.26. The van der Waals surface area contributed by atoms with Crippen molar-refractivity contribution < 1.29 is 14.7 Å². The summed E-state index contributed by atoms with van der Waals surface area (Å²) in [5, 5.41) is 14.6. The van der Waals surface area contributed by atoms with E-state index in [2.05, 4.69) is 38.3 Å². The molecule has 0 aliphatic heterocycles. The molecule has 0 bridgehead atoms. The minimum absolute atomic E-state index is 0.0325. The quantitative estimate of drug-likeness (QED) is 0.735. The lowest BCUT2D eigenvalue weighted by Crippen LogP contribution is -2.53. The smallest absolute Gasteiger partial charge is 0.326 e. The van der Waals surface area contributed by atoms with Gasteiger partial charge in [0, 0.05) is 6.04 Å². The van der Waals surface area contributed by atoms with Crippen molar-refractivity contribution in [3.05, 3.63) is 0 Å². The lowest BCUT2D eigenvalue weighted by atomic mass is 9.87. The van der Waals surface area contributed by atoms with Crippen molar-refractivity contribution in [1.82, 2.24) is 10.6 Å². The monoisotopic (exact) mass is 270 g/mol. The predicted octanol–water partition coefficient (Wildman–Crippen LogP) is 2.22. The number of urea groups is 1. The van der Waals surface area contributed by atoms with Crippen LogP contribution in [0.5, 0.6) is 0 Å². The zero-order valence-corrected chi connectivity index (χ0v) is 12.9. The lowest BCUT2D eigenvalue weighted by Gasteiger charge is -2.28. The van der Waals surface area contributed by atoms with Crippen LogP contribution in [0.4, 0.5) is 4.79 Å². The van der Waals surface area contributed by atoms with Crippen LogP contribution in [0.2, 0.25) is 0 Å². The number of nitrogens with one attached hydrogen (secondary N) is 2. The Kier molecular flexibility index (Phi) is 3.65. The van der Waals surface area contributed by atoms with Crippen LogP contribution in [0, 0.1) is 16.2 Å². The van der Waals surface area contributed by atoms with Crippen LogP contribution in [0.15, 0.2) is 0 Å². The highest BCUT2D eigenvalue weighted by Crippen LogP contribution is 2.62. The molecule has 2 amide bonds. The van der Waals surface area contributed by atoms with Gasteiger partial charge in [0.1, 0.15) is 6.04 Å². The summed E-state index contributed by atoms with van der Waals surface area (Å²) < 4.78 is 0. The molecule has 0 aromatic heterocycles. The highest BCUT2D eigenvalue weighted by molar-refractivity contribution is 5.83. The molecule has 1 aliphatic rings. The average Bonchev–Trinajstić information content (AvgIpc) is 2.55. The fraction of sp³-hybridized carbons (Fsp3) is 0.857. The number of aliphatic carboxylic acids is 1. The van der Waals surface area contributed by atoms with Crippen molar-refractivity contribution in [2.24, 2.45) is 16.2 Å². The van der Waals surface area contributed by atoms with Crippen molar-refractivity contribution in [2.75, 3.05) is 0 Å². The predicted molar refractivity (Wildman–Crippen MR) is 73.9 cm³/mol. The third-order valence-electron chi connectivity index (χ3n) is 4.68. The number of carbonyl (C=O) groups excluding carboxylic acids is 1. The molecule has 0 saturated heterocycles. The van der Waals surface area contributed by atoms with Gasteiger partial charge < -0.3 is 15.7 Å². The van der Waals surface area contributed by atoms with Gasteiger partial charge in [0.25, 0.3) is 0 Å². The number of carbonyl (C=O) groups is 2. The molecule has 0 spiro atoms. The summed E-state index contributed by atoms with van der Waals surface area (Å²) in [6.45, 7) is 13.7. The zero-order valence-electron chi connectivity index (χ0n) is 12.9. The molecular formula is C14H26N2O3. The second-order valence-corrected chi connectivity index (χ2v) is 7.63. The van der Waals surface area contributed by atoms with Crippen molar-refractivity contribution >= 4 is 12.0 Å². The van der Waals surface area contributed by atoms with E-state index >= 15 is 0 Å². The van der Waals surface area contributed by atoms with Gasteiger partial charge in [-0.25, -0.2) is 9.59 Å². The molecule has 0 aromatic rings. The fourth-order valence-electron chi connectivity index (χ4n) is 2.51. The van der Waals surface area contributed by atoms with E-state index in [-0.39, 0.29) is 16.9 Å². The van der Waals surface area contributed by atoms with E-state index < -0.39 is 23.5 Å². The van der Waals surface area contributed by atoms with Gasteiger partial charge in [0.2, 0.25) is 0 Å². The first-order valence-electron chi connectivity index (χ1n) is 6.61. The topological polar surface area (TPSA) is 78.4 Å². The van der Waals surface area contributed by atoms with Gasteiger partial charge in [-0.2, -0.15) is 0 Å². The summed E-state index contributed by atoms with van der Waals surface area (Å²) in [4.78, 5) is 23.1. The molecule has 1 unspecified atom stereocenters. The van der Waals surface area contributed by atoms with Crippen LogP contribution in [0.3, 0.4) is 0 Å². The minimum atomic E-state index is -1.02. The van der Waals surface area contributed by atoms with Gasteiger partial charge in [-0.3, -0.25) is 0 Å². The van der Waals surface area contributed by atoms with Gasteiger partial charge in [-0.15, -0.1) is 0 Å². The third-order valence-corrected chi connectivity index (χ3v) is 4.68. The van der Waals surface area contributed by atoms with Crippen molar-refractivity contribution in [2.45, 2.75) is 60.5 Å². The Morgan fingerprint density at radius 2 is 1.53 bits per heavy atom. The van der Waals surface area contributed by atoms with E-state index in [1.165, 1.54) is 0 Å². The van der Waals surface area contributed by atoms with E-state index in [0.29, 0.717) is 0 Å². The highest BCUT2D eigenvalue weighted by atomic mass is 16.4. The third kappa shape index (κ3) is 2.85. The van der Waals surface area contributed by atoms with Gasteiger partial charge in [-0.1, -0.05) is 48.5 Å². The number of rotatable bonds is 3. The Labute approximate surface area is 115 Å². The van der Waals surface area contributed by atoms with E-state index in [1.807, 2.05) is 0 Å². The van der Waals surface area contributed by atoms with Crippen molar-refractivity contribution in [3.63, 3.8) is 0 Å². The maximum Gasteiger partial charge on any atom is 0.326 e. The van der Waals surface area contributed by atoms with Crippen LogP contribution in [-0.2, 0) is 4.79 Å². The van der Waals surface area contributed by atoms with Crippen molar-refractivity contribution in [1.29, 1.82) is 0 Å². The molecule has 5 heteroatoms. The second-order valence-electron chi connectivity index (χ2n) is 7.63. The summed E-state index contributed by atoms with van der Waals surface area (Å²) in [7, 11) is 0. The first kappa shape index (κ1) is 15.8. The van der Waals surface area contributed by atoms with E-state index in [9.17, 15) is 14.7 Å². The highest BCUT2D eigenvalue weighted by Gasteiger charge is 2.65. The summed E-state index contributed by atoms with van der Waals surface area (Å²) in [5.74, 6) is -1.02. The second kappa shape index (κ2) is 4.39. The molecule has 110 valence electrons. The summed E-state index contributed by atoms with van der Waals surface area (Å²) >= 11 is 0. The largest absolute Gasteiger partial charge is 0.480 e. The Bertz CT molecular complexity index is 380. The first-order chi connectivity index (χ1) is 8.31. The summed E-state index contributed by atoms with van der Waals surface area (Å²) in [6, 6.07) is -1.25. The Morgan fingerprint density at radius 1 is 1.11 bits per heavy atom. The van der Waals surface area contributed by atoms with E-state index in [1.54, 1.807) is 20.8 Å². The molecule has 0 radical (unpaired) electrons. The van der Waals surface area contributed by atoms with Gasteiger partial charge in [0.15, 0.2) is 0 Å². The molecule has 1 rings (SSSR count). The molecule has 3 N–H and O–H groups in total. The number of amides is 2. The van der Waals surface area contributed by atoms with E-state index in [4.69, 9.17) is 0 Å². The minimum Gasteiger partial charge on any atom is -0.480 e. The standard InChI is InChI=1S/C14H26N2O3/c1-12(2,3)8(9(17)18)15-11(19)16-10-13(4,5)14(10,6)7/h8,10H,1-7H3,(H,17,18)(H2,15,16,19). The summed E-state index contributed by atoms with van der Waals surface area (Å²) in [5.41, 5.74) is -0.465. The molecule has 0 aromatic carbocycles. The molecule has 1 saturated carbocycles. The Morgan fingerprint density at radius 3 is 1.79 bits per heavy atom. The number of carboxylic acids is 1. The normalized spacial score (nSPS) is 22.5. The first-order valence-corrected chi connectivity index (χ1v) is 6.61. The molecule has 1 atom stereocenters. The van der Waals surface area contributed by atoms with Crippen LogP contribution in [-0.4, -0.2) is 29.2 Å². The molecule has 19 heavy (non-hydrogen) atoms. The fourth-order valence-corrected chi connectivity index (χ4v) is 2.51. The maximum absolute atomic E-state index is 11.9. The van der Waals surface area contributed by atoms with E-state index in [0.717, 1.165) is 0 Å². The number of hydrogen-bond donors (Lipinski definition) is 3.